The summed E-state index contributed by atoms with van der Waals surface area (Å²) < 4.78 is 55.7. The summed E-state index contributed by atoms with van der Waals surface area (Å²) in [4.78, 5) is 12.4. The lowest BCUT2D eigenvalue weighted by molar-refractivity contribution is -0.114. The first-order valence-corrected chi connectivity index (χ1v) is 11.7. The van der Waals surface area contributed by atoms with Gasteiger partial charge < -0.3 is 10.1 Å². The molecule has 1 N–H and O–H groups in total. The Kier molecular flexibility index (Phi) is 6.88. The van der Waals surface area contributed by atoms with Crippen molar-refractivity contribution >= 4 is 37.3 Å². The highest BCUT2D eigenvalue weighted by Crippen LogP contribution is 2.22. The van der Waals surface area contributed by atoms with Gasteiger partial charge in [-0.15, -0.1) is 0 Å². The van der Waals surface area contributed by atoms with Gasteiger partial charge in [0.1, 0.15) is 12.3 Å². The molecule has 1 amide bonds. The van der Waals surface area contributed by atoms with Crippen molar-refractivity contribution in [3.8, 4) is 5.75 Å². The van der Waals surface area contributed by atoms with Crippen LogP contribution in [0.2, 0.25) is 0 Å². The van der Waals surface area contributed by atoms with E-state index in [2.05, 4.69) is 5.32 Å². The second kappa shape index (κ2) is 8.80. The summed E-state index contributed by atoms with van der Waals surface area (Å²) in [7, 11) is -3.12. The Morgan fingerprint density at radius 1 is 0.966 bits per heavy atom. The second-order valence-corrected chi connectivity index (χ2v) is 10.4. The minimum absolute atomic E-state index is 0.0161. The van der Waals surface area contributed by atoms with Crippen LogP contribution in [0.3, 0.4) is 0 Å². The van der Waals surface area contributed by atoms with Crippen molar-refractivity contribution in [3.63, 3.8) is 0 Å². The normalized spacial score (nSPS) is 11.9. The molecule has 2 rings (SSSR count). The number of amides is 1. The highest BCUT2D eigenvalue weighted by atomic mass is 32.2. The molecule has 0 aliphatic carbocycles. The zero-order chi connectivity index (χ0) is 21.8. The van der Waals surface area contributed by atoms with Gasteiger partial charge in [0.15, 0.2) is 0 Å². The van der Waals surface area contributed by atoms with Crippen LogP contribution < -0.4 is 14.4 Å². The smallest absolute Gasteiger partial charge is 0.245 e. The van der Waals surface area contributed by atoms with Crippen molar-refractivity contribution in [1.29, 1.82) is 0 Å². The Bertz CT molecular complexity index is 1060. The molecule has 29 heavy (non-hydrogen) atoms. The summed E-state index contributed by atoms with van der Waals surface area (Å²) in [5.41, 5.74) is 0.659. The molecule has 158 valence electrons. The fourth-order valence-corrected chi connectivity index (χ4v) is 4.16. The monoisotopic (exact) mass is 441 g/mol. The van der Waals surface area contributed by atoms with E-state index in [1.807, 2.05) is 0 Å². The standard InChI is InChI=1S/C18H23N3O6S2/c1-20(2)29(25,26)17-11-7-15(8-12-17)21(28(4,23)24)13-18(22)19-14-5-9-16(27-3)10-6-14/h5-12H,13H2,1-4H3,(H,19,22). The number of ether oxygens (including phenoxy) is 1. The number of carbonyl (C=O) groups is 1. The van der Waals surface area contributed by atoms with Crippen LogP contribution in [0.25, 0.3) is 0 Å². The number of hydrogen-bond donors (Lipinski definition) is 1. The zero-order valence-electron chi connectivity index (χ0n) is 16.5. The van der Waals surface area contributed by atoms with Gasteiger partial charge in [-0.25, -0.2) is 21.1 Å². The summed E-state index contributed by atoms with van der Waals surface area (Å²) in [6, 6.07) is 11.9. The SMILES string of the molecule is COc1ccc(NC(=O)CN(c2ccc(S(=O)(=O)N(C)C)cc2)S(C)(=O)=O)cc1. The Labute approximate surface area is 171 Å². The maximum absolute atomic E-state index is 12.4. The van der Waals surface area contributed by atoms with Gasteiger partial charge in [0.25, 0.3) is 0 Å². The molecule has 11 heteroatoms. The van der Waals surface area contributed by atoms with Gasteiger partial charge in [-0.3, -0.25) is 9.10 Å². The Morgan fingerprint density at radius 3 is 1.97 bits per heavy atom. The van der Waals surface area contributed by atoms with Gasteiger partial charge in [0.05, 0.1) is 23.9 Å². The van der Waals surface area contributed by atoms with Crippen molar-refractivity contribution in [3.05, 3.63) is 48.5 Å². The van der Waals surface area contributed by atoms with E-state index in [0.717, 1.165) is 14.9 Å². The van der Waals surface area contributed by atoms with Gasteiger partial charge in [0, 0.05) is 19.8 Å². The van der Waals surface area contributed by atoms with Crippen molar-refractivity contribution in [2.24, 2.45) is 0 Å². The maximum atomic E-state index is 12.4. The average Bonchev–Trinajstić information content (AvgIpc) is 2.66. The number of rotatable bonds is 8. The largest absolute Gasteiger partial charge is 0.497 e. The Morgan fingerprint density at radius 2 is 1.52 bits per heavy atom. The molecule has 0 fully saturated rings. The van der Waals surface area contributed by atoms with E-state index in [1.165, 1.54) is 45.5 Å². The van der Waals surface area contributed by atoms with Crippen LogP contribution in [-0.4, -0.2) is 61.1 Å². The summed E-state index contributed by atoms with van der Waals surface area (Å²) in [6.45, 7) is -0.468. The van der Waals surface area contributed by atoms with Gasteiger partial charge in [-0.05, 0) is 48.5 Å². The van der Waals surface area contributed by atoms with Gasteiger partial charge in [-0.2, -0.15) is 0 Å². The molecule has 0 unspecified atom stereocenters. The molecule has 0 radical (unpaired) electrons. The van der Waals surface area contributed by atoms with E-state index in [9.17, 15) is 21.6 Å². The van der Waals surface area contributed by atoms with E-state index in [1.54, 1.807) is 24.3 Å². The lowest BCUT2D eigenvalue weighted by Crippen LogP contribution is -2.37. The third kappa shape index (κ3) is 5.68. The average molecular weight is 442 g/mol. The van der Waals surface area contributed by atoms with Gasteiger partial charge in [0.2, 0.25) is 26.0 Å². The number of sulfonamides is 2. The minimum atomic E-state index is -3.79. The van der Waals surface area contributed by atoms with Crippen molar-refractivity contribution in [2.45, 2.75) is 4.90 Å². The number of nitrogens with one attached hydrogen (secondary N) is 1. The van der Waals surface area contributed by atoms with Crippen molar-refractivity contribution in [1.82, 2.24) is 4.31 Å². The first-order valence-electron chi connectivity index (χ1n) is 8.39. The number of carbonyl (C=O) groups excluding carboxylic acids is 1. The van der Waals surface area contributed by atoms with Gasteiger partial charge in [-0.1, -0.05) is 0 Å². The predicted octanol–water partition coefficient (Wildman–Crippen LogP) is 1.35. The van der Waals surface area contributed by atoms with Crippen LogP contribution in [0.5, 0.6) is 5.75 Å². The van der Waals surface area contributed by atoms with E-state index < -0.39 is 32.5 Å². The number of methoxy groups -OCH3 is 1. The van der Waals surface area contributed by atoms with Crippen LogP contribution in [0, 0.1) is 0 Å². The maximum Gasteiger partial charge on any atom is 0.245 e. The molecule has 0 saturated carbocycles. The molecule has 0 aromatic heterocycles. The highest BCUT2D eigenvalue weighted by molar-refractivity contribution is 7.92. The molecule has 0 bridgehead atoms. The first-order chi connectivity index (χ1) is 13.4. The van der Waals surface area contributed by atoms with E-state index >= 15 is 0 Å². The van der Waals surface area contributed by atoms with Crippen molar-refractivity contribution in [2.75, 3.05) is 43.6 Å². The van der Waals surface area contributed by atoms with Crippen LogP contribution >= 0.6 is 0 Å². The number of hydrogen-bond acceptors (Lipinski definition) is 6. The lowest BCUT2D eigenvalue weighted by Gasteiger charge is -2.22. The fourth-order valence-electron chi connectivity index (χ4n) is 2.40. The zero-order valence-corrected chi connectivity index (χ0v) is 18.1. The predicted molar refractivity (Wildman–Crippen MR) is 111 cm³/mol. The van der Waals surface area contributed by atoms with Crippen LogP contribution in [0.15, 0.2) is 53.4 Å². The second-order valence-electron chi connectivity index (χ2n) is 6.33. The molecular formula is C18H23N3O6S2. The lowest BCUT2D eigenvalue weighted by atomic mass is 10.3. The molecule has 0 heterocycles. The van der Waals surface area contributed by atoms with Crippen LogP contribution in [0.1, 0.15) is 0 Å². The molecule has 2 aromatic rings. The molecule has 2 aromatic carbocycles. The molecule has 0 saturated heterocycles. The molecule has 0 aliphatic rings. The number of nitrogens with zero attached hydrogens (tertiary/aromatic N) is 2. The van der Waals surface area contributed by atoms with Crippen molar-refractivity contribution < 1.29 is 26.4 Å². The third-order valence-electron chi connectivity index (χ3n) is 3.96. The topological polar surface area (TPSA) is 113 Å². The summed E-state index contributed by atoms with van der Waals surface area (Å²) in [6.07, 6.45) is 0.970. The molecule has 9 nitrogen and oxygen atoms in total. The van der Waals surface area contributed by atoms with E-state index in [4.69, 9.17) is 4.74 Å². The van der Waals surface area contributed by atoms with E-state index in [0.29, 0.717) is 11.4 Å². The highest BCUT2D eigenvalue weighted by Gasteiger charge is 2.23. The number of anilines is 2. The quantitative estimate of drug-likeness (QED) is 0.662. The third-order valence-corrected chi connectivity index (χ3v) is 6.93. The molecular weight excluding hydrogens is 418 g/mol. The molecule has 0 atom stereocenters. The van der Waals surface area contributed by atoms with Crippen LogP contribution in [-0.2, 0) is 24.8 Å². The molecule has 0 aliphatic heterocycles. The van der Waals surface area contributed by atoms with E-state index in [-0.39, 0.29) is 10.6 Å². The number of benzene rings is 2. The Balaban J connectivity index is 2.22. The first kappa shape index (κ1) is 22.7. The van der Waals surface area contributed by atoms with Gasteiger partial charge >= 0.3 is 0 Å². The summed E-state index contributed by atoms with van der Waals surface area (Å²) >= 11 is 0. The molecule has 0 spiro atoms. The Hall–Kier alpha value is -2.63. The summed E-state index contributed by atoms with van der Waals surface area (Å²) in [5.74, 6) is 0.0686. The summed E-state index contributed by atoms with van der Waals surface area (Å²) in [5, 5.41) is 2.61. The minimum Gasteiger partial charge on any atom is -0.497 e. The fraction of sp³-hybridized carbons (Fsp3) is 0.278. The van der Waals surface area contributed by atoms with Crippen LogP contribution in [0.4, 0.5) is 11.4 Å².